The van der Waals surface area contributed by atoms with Crippen LogP contribution in [0.4, 0.5) is 13.2 Å². The van der Waals surface area contributed by atoms with Crippen LogP contribution in [0.5, 0.6) is 0 Å². The van der Waals surface area contributed by atoms with Gasteiger partial charge in [-0.25, -0.2) is 0 Å². The van der Waals surface area contributed by atoms with Gasteiger partial charge < -0.3 is 5.32 Å². The molecule has 0 aliphatic carbocycles. The van der Waals surface area contributed by atoms with Crippen LogP contribution in [-0.2, 0) is 0 Å². The second-order valence-electron chi connectivity index (χ2n) is 5.57. The Labute approximate surface area is 113 Å². The van der Waals surface area contributed by atoms with Gasteiger partial charge in [-0.15, -0.1) is 0 Å². The van der Waals surface area contributed by atoms with Gasteiger partial charge in [0, 0.05) is 24.7 Å². The number of nitrogens with one attached hydrogen (secondary N) is 1. The number of nitrogens with zero attached hydrogens (tertiary/aromatic N) is 1. The Morgan fingerprint density at radius 3 is 2.74 bits per heavy atom. The van der Waals surface area contributed by atoms with E-state index >= 15 is 0 Å². The Kier molecular flexibility index (Phi) is 5.28. The third kappa shape index (κ3) is 4.80. The molecule has 1 fully saturated rings. The highest BCUT2D eigenvalue weighted by Crippen LogP contribution is 2.30. The predicted molar refractivity (Wildman–Crippen MR) is 70.1 cm³/mol. The van der Waals surface area contributed by atoms with Crippen LogP contribution >= 0.6 is 0 Å². The van der Waals surface area contributed by atoms with E-state index in [9.17, 15) is 13.2 Å². The van der Waals surface area contributed by atoms with Gasteiger partial charge in [0.05, 0.1) is 0 Å². The highest BCUT2D eigenvalue weighted by molar-refractivity contribution is 5.12. The number of piperidine rings is 1. The molecule has 2 nitrogen and oxygen atoms in total. The fourth-order valence-corrected chi connectivity index (χ4v) is 2.90. The summed E-state index contributed by atoms with van der Waals surface area (Å²) in [5.41, 5.74) is -0.349. The van der Waals surface area contributed by atoms with Crippen molar-refractivity contribution in [3.63, 3.8) is 0 Å². The molecule has 0 saturated carbocycles. The minimum Gasteiger partial charge on any atom is -0.314 e. The maximum Gasteiger partial charge on any atom is 0.412 e. The van der Waals surface area contributed by atoms with Crippen molar-refractivity contribution in [1.82, 2.24) is 10.2 Å². The average Bonchev–Trinajstić information content (AvgIpc) is 2.39. The first-order valence-electron chi connectivity index (χ1n) is 7.27. The molecule has 0 aromatic carbocycles. The molecule has 1 atom stereocenters. The standard InChI is InChI=1S/C14H23F3N2/c15-14(16,17)12-6-10-19(11-7-12)9-3-5-13-4-1-2-8-18-13/h6,13,18H,1-5,7-11H2. The summed E-state index contributed by atoms with van der Waals surface area (Å²) in [5.74, 6) is 0. The molecule has 2 aliphatic heterocycles. The normalized spacial score (nSPS) is 26.3. The van der Waals surface area contributed by atoms with Crippen molar-refractivity contribution >= 4 is 0 Å². The first kappa shape index (κ1) is 14.9. The average molecular weight is 276 g/mol. The molecule has 0 bridgehead atoms. The number of rotatable bonds is 4. The van der Waals surface area contributed by atoms with E-state index in [0.717, 1.165) is 25.9 Å². The SMILES string of the molecule is FC(F)(F)C1=CCN(CCCC2CCCCN2)CC1. The smallest absolute Gasteiger partial charge is 0.314 e. The molecule has 19 heavy (non-hydrogen) atoms. The Morgan fingerprint density at radius 2 is 2.16 bits per heavy atom. The Balaban J connectivity index is 1.64. The summed E-state index contributed by atoms with van der Waals surface area (Å²) in [7, 11) is 0. The maximum atomic E-state index is 12.5. The lowest BCUT2D eigenvalue weighted by Gasteiger charge is -2.28. The maximum absolute atomic E-state index is 12.5. The quantitative estimate of drug-likeness (QED) is 0.794. The lowest BCUT2D eigenvalue weighted by atomic mass is 10.00. The summed E-state index contributed by atoms with van der Waals surface area (Å²) < 4.78 is 37.4. The van der Waals surface area contributed by atoms with Gasteiger partial charge in [0.15, 0.2) is 0 Å². The van der Waals surface area contributed by atoms with Crippen LogP contribution in [0, 0.1) is 0 Å². The molecule has 0 aromatic rings. The van der Waals surface area contributed by atoms with Crippen molar-refractivity contribution in [2.45, 2.75) is 50.7 Å². The zero-order valence-corrected chi connectivity index (χ0v) is 11.3. The summed E-state index contributed by atoms with van der Waals surface area (Å²) in [6.07, 6.45) is 3.41. The molecule has 2 rings (SSSR count). The number of hydrogen-bond donors (Lipinski definition) is 1. The van der Waals surface area contributed by atoms with Crippen molar-refractivity contribution in [3.8, 4) is 0 Å². The van der Waals surface area contributed by atoms with Gasteiger partial charge >= 0.3 is 6.18 Å². The highest BCUT2D eigenvalue weighted by atomic mass is 19.4. The molecule has 0 spiro atoms. The molecule has 5 heteroatoms. The zero-order chi connectivity index (χ0) is 13.7. The van der Waals surface area contributed by atoms with E-state index in [4.69, 9.17) is 0 Å². The van der Waals surface area contributed by atoms with E-state index in [1.54, 1.807) is 0 Å². The van der Waals surface area contributed by atoms with Gasteiger partial charge in [0.1, 0.15) is 0 Å². The lowest BCUT2D eigenvalue weighted by molar-refractivity contribution is -0.0960. The lowest BCUT2D eigenvalue weighted by Crippen LogP contribution is -2.36. The molecule has 0 radical (unpaired) electrons. The number of hydrogen-bond acceptors (Lipinski definition) is 2. The molecule has 2 aliphatic rings. The third-order valence-electron chi connectivity index (χ3n) is 4.10. The molecule has 110 valence electrons. The van der Waals surface area contributed by atoms with Gasteiger partial charge in [-0.3, -0.25) is 4.90 Å². The van der Waals surface area contributed by atoms with Crippen molar-refractivity contribution in [1.29, 1.82) is 0 Å². The summed E-state index contributed by atoms with van der Waals surface area (Å²) in [4.78, 5) is 2.12. The molecule has 2 heterocycles. The summed E-state index contributed by atoms with van der Waals surface area (Å²) >= 11 is 0. The van der Waals surface area contributed by atoms with Crippen molar-refractivity contribution in [3.05, 3.63) is 11.6 Å². The second kappa shape index (κ2) is 6.75. The van der Waals surface area contributed by atoms with E-state index in [-0.39, 0.29) is 12.0 Å². The summed E-state index contributed by atoms with van der Waals surface area (Å²) in [6.45, 7) is 3.03. The summed E-state index contributed by atoms with van der Waals surface area (Å²) in [5, 5.41) is 3.50. The van der Waals surface area contributed by atoms with Crippen molar-refractivity contribution < 1.29 is 13.2 Å². The van der Waals surface area contributed by atoms with Crippen LogP contribution < -0.4 is 5.32 Å². The molecule has 0 aromatic heterocycles. The van der Waals surface area contributed by atoms with E-state index in [0.29, 0.717) is 19.1 Å². The molecule has 0 amide bonds. The zero-order valence-electron chi connectivity index (χ0n) is 11.3. The van der Waals surface area contributed by atoms with Crippen LogP contribution in [0.1, 0.15) is 38.5 Å². The van der Waals surface area contributed by atoms with Crippen LogP contribution in [0.25, 0.3) is 0 Å². The monoisotopic (exact) mass is 276 g/mol. The molecular formula is C14H23F3N2. The molecule has 1 saturated heterocycles. The predicted octanol–water partition coefficient (Wildman–Crippen LogP) is 3.10. The minimum atomic E-state index is -4.13. The first-order chi connectivity index (χ1) is 9.05. The van der Waals surface area contributed by atoms with Gasteiger partial charge in [0.2, 0.25) is 0 Å². The van der Waals surface area contributed by atoms with E-state index in [1.165, 1.54) is 25.3 Å². The largest absolute Gasteiger partial charge is 0.412 e. The fraction of sp³-hybridized carbons (Fsp3) is 0.857. The van der Waals surface area contributed by atoms with Crippen molar-refractivity contribution in [2.24, 2.45) is 0 Å². The fourth-order valence-electron chi connectivity index (χ4n) is 2.90. The molecular weight excluding hydrogens is 253 g/mol. The van der Waals surface area contributed by atoms with E-state index in [1.807, 2.05) is 0 Å². The third-order valence-corrected chi connectivity index (χ3v) is 4.10. The van der Waals surface area contributed by atoms with Crippen LogP contribution in [0.3, 0.4) is 0 Å². The van der Waals surface area contributed by atoms with Gasteiger partial charge in [-0.2, -0.15) is 13.2 Å². The van der Waals surface area contributed by atoms with E-state index in [2.05, 4.69) is 10.2 Å². The van der Waals surface area contributed by atoms with Gasteiger partial charge in [0.25, 0.3) is 0 Å². The summed E-state index contributed by atoms with van der Waals surface area (Å²) in [6, 6.07) is 0.625. The minimum absolute atomic E-state index is 0.144. The molecule has 1 unspecified atom stereocenters. The Hall–Kier alpha value is -0.550. The Morgan fingerprint density at radius 1 is 1.32 bits per heavy atom. The topological polar surface area (TPSA) is 15.3 Å². The number of alkyl halides is 3. The van der Waals surface area contributed by atoms with Crippen molar-refractivity contribution in [2.75, 3.05) is 26.2 Å². The van der Waals surface area contributed by atoms with Crippen LogP contribution in [0.2, 0.25) is 0 Å². The number of halogens is 3. The highest BCUT2D eigenvalue weighted by Gasteiger charge is 2.34. The van der Waals surface area contributed by atoms with Crippen LogP contribution in [0.15, 0.2) is 11.6 Å². The Bertz CT molecular complexity index is 306. The van der Waals surface area contributed by atoms with Gasteiger partial charge in [-0.1, -0.05) is 12.5 Å². The first-order valence-corrected chi connectivity index (χ1v) is 7.27. The van der Waals surface area contributed by atoms with E-state index < -0.39 is 6.18 Å². The second-order valence-corrected chi connectivity index (χ2v) is 5.57. The van der Waals surface area contributed by atoms with Crippen LogP contribution in [-0.4, -0.2) is 43.3 Å². The molecule has 1 N–H and O–H groups in total. The van der Waals surface area contributed by atoms with Gasteiger partial charge in [-0.05, 0) is 45.2 Å².